The minimum absolute atomic E-state index is 0.107. The second-order valence-corrected chi connectivity index (χ2v) is 7.80. The van der Waals surface area contributed by atoms with Crippen LogP contribution in [0.5, 0.6) is 0 Å². The van der Waals surface area contributed by atoms with Crippen LogP contribution in [-0.2, 0) is 11.3 Å². The van der Waals surface area contributed by atoms with Crippen molar-refractivity contribution < 1.29 is 18.3 Å². The average Bonchev–Trinajstić information content (AvgIpc) is 2.81. The van der Waals surface area contributed by atoms with Crippen molar-refractivity contribution in [3.8, 4) is 11.3 Å². The van der Waals surface area contributed by atoms with Crippen LogP contribution in [0.2, 0.25) is 0 Å². The molecule has 0 aliphatic carbocycles. The van der Waals surface area contributed by atoms with Crippen LogP contribution in [-0.4, -0.2) is 35.1 Å². The molecule has 0 atom stereocenters. The van der Waals surface area contributed by atoms with E-state index in [1.165, 1.54) is 16.8 Å². The summed E-state index contributed by atoms with van der Waals surface area (Å²) in [6.45, 7) is 9.24. The minimum atomic E-state index is -0.730. The predicted molar refractivity (Wildman–Crippen MR) is 133 cm³/mol. The predicted octanol–water partition coefficient (Wildman–Crippen LogP) is 5.20. The summed E-state index contributed by atoms with van der Waals surface area (Å²) in [4.78, 5) is 24.3. The topological polar surface area (TPSA) is 85.2 Å². The summed E-state index contributed by atoms with van der Waals surface area (Å²) in [7, 11) is 0. The van der Waals surface area contributed by atoms with E-state index in [0.717, 1.165) is 24.7 Å². The van der Waals surface area contributed by atoms with Crippen LogP contribution in [0.3, 0.4) is 0 Å². The third-order valence-electron chi connectivity index (χ3n) is 4.64. The first kappa shape index (κ1) is 27.7. The van der Waals surface area contributed by atoms with Gasteiger partial charge in [-0.05, 0) is 48.9 Å². The van der Waals surface area contributed by atoms with Crippen molar-refractivity contribution >= 4 is 11.8 Å². The largest absolute Gasteiger partial charge is 0.449 e. The molecule has 35 heavy (non-hydrogen) atoms. The van der Waals surface area contributed by atoms with Crippen molar-refractivity contribution in [3.63, 3.8) is 0 Å². The molecule has 2 aromatic carbocycles. The number of amides is 1. The number of halogens is 2. The van der Waals surface area contributed by atoms with Crippen molar-refractivity contribution in [1.82, 2.24) is 15.1 Å². The molecule has 1 amide bonds. The highest BCUT2D eigenvalue weighted by Crippen LogP contribution is 2.19. The van der Waals surface area contributed by atoms with Gasteiger partial charge in [-0.3, -0.25) is 10.1 Å². The summed E-state index contributed by atoms with van der Waals surface area (Å²) in [5, 5.41) is 10.1. The van der Waals surface area contributed by atoms with E-state index in [2.05, 4.69) is 15.7 Å². The lowest BCUT2D eigenvalue weighted by atomic mass is 10.1. The zero-order valence-electron chi connectivity index (χ0n) is 20.5. The lowest BCUT2D eigenvalue weighted by Gasteiger charge is -2.11. The van der Waals surface area contributed by atoms with Crippen LogP contribution in [0.15, 0.2) is 59.4 Å². The third kappa shape index (κ3) is 9.29. The van der Waals surface area contributed by atoms with E-state index < -0.39 is 17.7 Å². The molecule has 7 nitrogen and oxygen atoms in total. The molecule has 3 aromatic rings. The number of hydrogen-bond donors (Lipinski definition) is 2. The van der Waals surface area contributed by atoms with E-state index in [0.29, 0.717) is 23.7 Å². The highest BCUT2D eigenvalue weighted by Gasteiger charge is 2.09. The van der Waals surface area contributed by atoms with Crippen molar-refractivity contribution in [2.24, 2.45) is 0 Å². The number of ether oxygens (including phenoxy) is 1. The van der Waals surface area contributed by atoms with Crippen LogP contribution in [0.4, 0.5) is 19.3 Å². The molecular formula is C26H32F2N4O3. The summed E-state index contributed by atoms with van der Waals surface area (Å²) in [6.07, 6.45) is 0.133. The zero-order valence-corrected chi connectivity index (χ0v) is 20.5. The molecule has 0 fully saturated rings. The molecule has 0 aliphatic heterocycles. The molecule has 3 rings (SSSR count). The molecule has 0 unspecified atom stereocenters. The highest BCUT2D eigenvalue weighted by atomic mass is 19.1. The van der Waals surface area contributed by atoms with Gasteiger partial charge in [-0.25, -0.2) is 18.3 Å². The fourth-order valence-electron chi connectivity index (χ4n) is 3.12. The maximum atomic E-state index is 13.6. The van der Waals surface area contributed by atoms with Crippen LogP contribution in [0.25, 0.3) is 11.3 Å². The van der Waals surface area contributed by atoms with Crippen molar-refractivity contribution in [2.45, 2.75) is 46.7 Å². The maximum absolute atomic E-state index is 13.6. The number of nitrogens with one attached hydrogen (secondary N) is 2. The summed E-state index contributed by atoms with van der Waals surface area (Å²) < 4.78 is 33.5. The smallest absolute Gasteiger partial charge is 0.411 e. The van der Waals surface area contributed by atoms with E-state index in [1.807, 2.05) is 27.7 Å². The Kier molecular flexibility index (Phi) is 11.0. The van der Waals surface area contributed by atoms with Gasteiger partial charge in [0.1, 0.15) is 11.6 Å². The van der Waals surface area contributed by atoms with Gasteiger partial charge in [-0.2, -0.15) is 5.10 Å². The minimum Gasteiger partial charge on any atom is -0.449 e. The van der Waals surface area contributed by atoms with Crippen molar-refractivity contribution in [3.05, 3.63) is 82.1 Å². The van der Waals surface area contributed by atoms with Crippen LogP contribution >= 0.6 is 0 Å². The van der Waals surface area contributed by atoms with Gasteiger partial charge in [0.05, 0.1) is 18.8 Å². The second kappa shape index (κ2) is 14.0. The molecule has 9 heteroatoms. The average molecular weight is 487 g/mol. The number of carbonyl (C=O) groups excluding carboxylic acids is 1. The second-order valence-electron chi connectivity index (χ2n) is 7.80. The Balaban J connectivity index is 0.00000210. The summed E-state index contributed by atoms with van der Waals surface area (Å²) in [5.74, 6) is -1.46. The number of rotatable bonds is 9. The zero-order chi connectivity index (χ0) is 25.8. The maximum Gasteiger partial charge on any atom is 0.411 e. The molecule has 1 heterocycles. The number of nitrogens with zero attached hydrogens (tertiary/aromatic N) is 2. The van der Waals surface area contributed by atoms with E-state index in [1.54, 1.807) is 24.3 Å². The Bertz CT molecular complexity index is 1150. The number of benzene rings is 2. The van der Waals surface area contributed by atoms with Gasteiger partial charge in [-0.15, -0.1) is 0 Å². The lowest BCUT2D eigenvalue weighted by Crippen LogP contribution is -2.25. The molecule has 0 aliphatic rings. The summed E-state index contributed by atoms with van der Waals surface area (Å²) in [5.41, 5.74) is 1.32. The number of anilines is 1. The normalized spacial score (nSPS) is 10.5. The molecule has 1 aromatic heterocycles. The van der Waals surface area contributed by atoms with Crippen molar-refractivity contribution in [2.75, 3.05) is 18.5 Å². The fourth-order valence-corrected chi connectivity index (χ4v) is 3.12. The molecule has 0 radical (unpaired) electrons. The van der Waals surface area contributed by atoms with Gasteiger partial charge in [-0.1, -0.05) is 39.8 Å². The lowest BCUT2D eigenvalue weighted by molar-refractivity contribution is 0.160. The van der Waals surface area contributed by atoms with E-state index in [9.17, 15) is 18.4 Å². The molecule has 0 bridgehead atoms. The first-order valence-electron chi connectivity index (χ1n) is 11.6. The van der Waals surface area contributed by atoms with Gasteiger partial charge in [0, 0.05) is 29.4 Å². The molecule has 0 saturated carbocycles. The quantitative estimate of drug-likeness (QED) is 0.406. The highest BCUT2D eigenvalue weighted by molar-refractivity contribution is 5.84. The number of carbonyl (C=O) groups is 1. The standard InChI is InChI=1S/C24H26F2N4O3.C2H6/c1-16(2)27-9-4-10-33-24(32)28-21-6-3-5-17(11-21)15-30-23(31)8-7-22(29-30)18-12-19(25)14-20(26)13-18;1-2/h3,5-8,11-14,16,27H,4,9-10,15H2,1-2H3,(H,28,32);1-2H3. The Morgan fingerprint density at radius 3 is 2.46 bits per heavy atom. The SMILES string of the molecule is CC.CC(C)NCCCOC(=O)Nc1cccc(Cn2nc(-c3cc(F)cc(F)c3)ccc2=O)c1. The van der Waals surface area contributed by atoms with Gasteiger partial charge < -0.3 is 10.1 Å². The van der Waals surface area contributed by atoms with Crippen LogP contribution < -0.4 is 16.2 Å². The molecule has 0 spiro atoms. The van der Waals surface area contributed by atoms with Crippen LogP contribution in [0, 0.1) is 11.6 Å². The first-order valence-corrected chi connectivity index (χ1v) is 11.6. The first-order chi connectivity index (χ1) is 16.8. The Morgan fingerprint density at radius 1 is 1.06 bits per heavy atom. The van der Waals surface area contributed by atoms with Gasteiger partial charge in [0.15, 0.2) is 0 Å². The Hall–Kier alpha value is -3.59. The molecule has 188 valence electrons. The Morgan fingerprint density at radius 2 is 1.77 bits per heavy atom. The third-order valence-corrected chi connectivity index (χ3v) is 4.64. The van der Waals surface area contributed by atoms with Gasteiger partial charge >= 0.3 is 6.09 Å². The van der Waals surface area contributed by atoms with Crippen molar-refractivity contribution in [1.29, 1.82) is 0 Å². The van der Waals surface area contributed by atoms with E-state index in [4.69, 9.17) is 4.74 Å². The van der Waals surface area contributed by atoms with Gasteiger partial charge in [0.25, 0.3) is 5.56 Å². The monoisotopic (exact) mass is 486 g/mol. The van der Waals surface area contributed by atoms with E-state index >= 15 is 0 Å². The van der Waals surface area contributed by atoms with Crippen LogP contribution in [0.1, 0.15) is 39.7 Å². The molecule has 2 N–H and O–H groups in total. The van der Waals surface area contributed by atoms with E-state index in [-0.39, 0.29) is 30.0 Å². The summed E-state index contributed by atoms with van der Waals surface area (Å²) >= 11 is 0. The van der Waals surface area contributed by atoms with Gasteiger partial charge in [0.2, 0.25) is 0 Å². The molecular weight excluding hydrogens is 454 g/mol. The summed E-state index contributed by atoms with van der Waals surface area (Å²) in [6, 6.07) is 13.1. The number of hydrogen-bond acceptors (Lipinski definition) is 5. The Labute approximate surface area is 204 Å². The fraction of sp³-hybridized carbons (Fsp3) is 0.346. The number of aromatic nitrogens is 2. The molecule has 0 saturated heterocycles.